The predicted octanol–water partition coefficient (Wildman–Crippen LogP) is 7.44. The summed E-state index contributed by atoms with van der Waals surface area (Å²) in [6.45, 7) is 1.93. The number of aromatic hydroxyl groups is 1. The molecule has 0 spiro atoms. The van der Waals surface area contributed by atoms with Gasteiger partial charge in [0, 0.05) is 29.2 Å². The fourth-order valence-corrected chi connectivity index (χ4v) is 3.87. The molecule has 0 saturated heterocycles. The number of rotatable bonds is 8. The lowest BCUT2D eigenvalue weighted by molar-refractivity contribution is -0.384. The van der Waals surface area contributed by atoms with E-state index in [1.54, 1.807) is 24.3 Å². The Morgan fingerprint density at radius 1 is 1.05 bits per heavy atom. The highest BCUT2D eigenvalue weighted by atomic mass is 19.4. The lowest BCUT2D eigenvalue weighted by atomic mass is 9.95. The number of nitrogens with one attached hydrogen (secondary N) is 1. The topological polar surface area (TPSA) is 118 Å². The lowest BCUT2D eigenvalue weighted by Gasteiger charge is -2.11. The molecular weight excluding hydrogens is 503 g/mol. The molecule has 0 bridgehead atoms. The molecule has 1 amide bonds. The molecule has 0 aliphatic rings. The average Bonchev–Trinajstić information content (AvgIpc) is 3.30. The Bertz CT molecular complexity index is 1480. The van der Waals surface area contributed by atoms with Crippen LogP contribution in [0.1, 0.15) is 31.7 Å². The molecule has 4 rings (SSSR count). The van der Waals surface area contributed by atoms with Crippen molar-refractivity contribution in [3.05, 3.63) is 82.4 Å². The number of phenolic OH excluding ortho intramolecular Hbond substituents is 1. The molecule has 0 unspecified atom stereocenters. The molecular formula is C27H22F3N3O5. The van der Waals surface area contributed by atoms with E-state index in [9.17, 15) is 33.2 Å². The van der Waals surface area contributed by atoms with Gasteiger partial charge in [0.05, 0.1) is 16.6 Å². The number of halogens is 3. The number of carbonyl (C=O) groups excluding carboxylic acids is 1. The number of amides is 1. The maximum Gasteiger partial charge on any atom is 0.416 e. The van der Waals surface area contributed by atoms with Crippen LogP contribution in [0.4, 0.5) is 24.9 Å². The molecule has 196 valence electrons. The molecule has 38 heavy (non-hydrogen) atoms. The molecule has 0 radical (unpaired) electrons. The van der Waals surface area contributed by atoms with E-state index in [-0.39, 0.29) is 46.8 Å². The Morgan fingerprint density at radius 2 is 1.74 bits per heavy atom. The van der Waals surface area contributed by atoms with E-state index >= 15 is 0 Å². The van der Waals surface area contributed by atoms with Crippen molar-refractivity contribution in [2.24, 2.45) is 0 Å². The van der Waals surface area contributed by atoms with Crippen LogP contribution in [0.5, 0.6) is 5.75 Å². The van der Waals surface area contributed by atoms with Gasteiger partial charge in [0.2, 0.25) is 5.91 Å². The number of unbranched alkanes of at least 4 members (excludes halogenated alkanes) is 1. The smallest absolute Gasteiger partial charge is 0.416 e. The zero-order chi connectivity index (χ0) is 27.4. The molecule has 2 N–H and O–H groups in total. The van der Waals surface area contributed by atoms with Gasteiger partial charge in [-0.25, -0.2) is 0 Å². The number of aromatic nitrogens is 1. The molecule has 0 atom stereocenters. The second-order valence-corrected chi connectivity index (χ2v) is 8.43. The number of non-ortho nitro benzene ring substituents is 1. The van der Waals surface area contributed by atoms with Gasteiger partial charge in [-0.1, -0.05) is 49.7 Å². The number of nitro groups is 1. The first-order valence-electron chi connectivity index (χ1n) is 11.6. The second kappa shape index (κ2) is 10.8. The third-order valence-electron chi connectivity index (χ3n) is 5.77. The van der Waals surface area contributed by atoms with Crippen LogP contribution in [-0.2, 0) is 11.0 Å². The van der Waals surface area contributed by atoms with Gasteiger partial charge in [0.25, 0.3) is 5.69 Å². The molecule has 1 heterocycles. The van der Waals surface area contributed by atoms with Gasteiger partial charge in [0.15, 0.2) is 5.76 Å². The van der Waals surface area contributed by atoms with E-state index in [0.29, 0.717) is 23.1 Å². The van der Waals surface area contributed by atoms with Crippen LogP contribution in [-0.4, -0.2) is 20.9 Å². The summed E-state index contributed by atoms with van der Waals surface area (Å²) in [5.41, 5.74) is 0.407. The number of hydrogen-bond acceptors (Lipinski definition) is 6. The Hall–Kier alpha value is -4.67. The number of benzene rings is 3. The second-order valence-electron chi connectivity index (χ2n) is 8.43. The number of nitrogens with zero attached hydrogens (tertiary/aromatic N) is 2. The van der Waals surface area contributed by atoms with Crippen molar-refractivity contribution in [3.8, 4) is 39.5 Å². The first-order valence-corrected chi connectivity index (χ1v) is 11.6. The molecule has 11 heteroatoms. The molecule has 0 saturated carbocycles. The Morgan fingerprint density at radius 3 is 2.34 bits per heavy atom. The highest BCUT2D eigenvalue weighted by Crippen LogP contribution is 2.43. The molecule has 0 aliphatic carbocycles. The summed E-state index contributed by atoms with van der Waals surface area (Å²) in [7, 11) is 0. The maximum atomic E-state index is 13.1. The van der Waals surface area contributed by atoms with Gasteiger partial charge in [-0.2, -0.15) is 18.2 Å². The zero-order valence-electron chi connectivity index (χ0n) is 20.1. The molecule has 4 aromatic rings. The highest BCUT2D eigenvalue weighted by molar-refractivity contribution is 5.92. The fraction of sp³-hybridized carbons (Fsp3) is 0.185. The van der Waals surface area contributed by atoms with Crippen molar-refractivity contribution < 1.29 is 32.4 Å². The van der Waals surface area contributed by atoms with Crippen molar-refractivity contribution in [1.82, 2.24) is 4.98 Å². The van der Waals surface area contributed by atoms with E-state index in [4.69, 9.17) is 4.42 Å². The Labute approximate surface area is 214 Å². The van der Waals surface area contributed by atoms with E-state index < -0.39 is 16.7 Å². The van der Waals surface area contributed by atoms with E-state index in [1.807, 2.05) is 6.92 Å². The summed E-state index contributed by atoms with van der Waals surface area (Å²) in [5.74, 6) is -0.556. The molecule has 8 nitrogen and oxygen atoms in total. The first kappa shape index (κ1) is 26.4. The van der Waals surface area contributed by atoms with E-state index in [1.165, 1.54) is 24.3 Å². The zero-order valence-corrected chi connectivity index (χ0v) is 20.1. The third kappa shape index (κ3) is 5.66. The minimum Gasteiger partial charge on any atom is -0.507 e. The Balaban J connectivity index is 1.85. The number of nitro benzene ring substituents is 1. The first-order chi connectivity index (χ1) is 18.1. The molecule has 1 aromatic heterocycles. The number of oxazole rings is 1. The summed E-state index contributed by atoms with van der Waals surface area (Å²) in [6, 6.07) is 14.5. The fourth-order valence-electron chi connectivity index (χ4n) is 3.87. The summed E-state index contributed by atoms with van der Waals surface area (Å²) in [4.78, 5) is 27.1. The summed E-state index contributed by atoms with van der Waals surface area (Å²) < 4.78 is 45.3. The minimum absolute atomic E-state index is 0.129. The van der Waals surface area contributed by atoms with Crippen molar-refractivity contribution in [1.29, 1.82) is 0 Å². The number of carbonyl (C=O) groups is 1. The van der Waals surface area contributed by atoms with Crippen LogP contribution >= 0.6 is 0 Å². The van der Waals surface area contributed by atoms with Gasteiger partial charge in [0.1, 0.15) is 11.4 Å². The number of phenols is 1. The number of hydrogen-bond donors (Lipinski definition) is 2. The summed E-state index contributed by atoms with van der Waals surface area (Å²) in [6.07, 6.45) is -2.85. The quantitative estimate of drug-likeness (QED) is 0.182. The summed E-state index contributed by atoms with van der Waals surface area (Å²) in [5, 5.41) is 24.2. The van der Waals surface area contributed by atoms with Crippen LogP contribution in [0.15, 0.2) is 71.1 Å². The summed E-state index contributed by atoms with van der Waals surface area (Å²) >= 11 is 0. The van der Waals surface area contributed by atoms with Crippen LogP contribution in [0.3, 0.4) is 0 Å². The van der Waals surface area contributed by atoms with Crippen molar-refractivity contribution in [2.75, 3.05) is 5.32 Å². The van der Waals surface area contributed by atoms with Crippen molar-refractivity contribution in [2.45, 2.75) is 32.4 Å². The van der Waals surface area contributed by atoms with Gasteiger partial charge in [-0.15, -0.1) is 0 Å². The average molecular weight is 525 g/mol. The van der Waals surface area contributed by atoms with Crippen LogP contribution in [0.2, 0.25) is 0 Å². The van der Waals surface area contributed by atoms with Gasteiger partial charge in [-0.3, -0.25) is 20.2 Å². The molecule has 3 aromatic carbocycles. The van der Waals surface area contributed by atoms with E-state index in [2.05, 4.69) is 10.3 Å². The van der Waals surface area contributed by atoms with Crippen LogP contribution < -0.4 is 5.32 Å². The largest absolute Gasteiger partial charge is 0.507 e. The van der Waals surface area contributed by atoms with Gasteiger partial charge >= 0.3 is 12.2 Å². The molecule has 0 aliphatic heterocycles. The number of alkyl halides is 3. The van der Waals surface area contributed by atoms with Crippen LogP contribution in [0.25, 0.3) is 33.7 Å². The van der Waals surface area contributed by atoms with Crippen molar-refractivity contribution in [3.63, 3.8) is 0 Å². The normalized spacial score (nSPS) is 11.4. The van der Waals surface area contributed by atoms with Crippen molar-refractivity contribution >= 4 is 17.6 Å². The lowest BCUT2D eigenvalue weighted by Crippen LogP contribution is -2.11. The van der Waals surface area contributed by atoms with Gasteiger partial charge in [-0.05, 0) is 30.2 Å². The highest BCUT2D eigenvalue weighted by Gasteiger charge is 2.30. The maximum absolute atomic E-state index is 13.1. The van der Waals surface area contributed by atoms with Crippen LogP contribution in [0, 0.1) is 10.1 Å². The third-order valence-corrected chi connectivity index (χ3v) is 5.77. The molecule has 0 fully saturated rings. The SMILES string of the molecule is CCCCC(=O)Nc1nc(-c2ccc(C(F)(F)F)cc2)c(-c2ccccc2-c2ccc([N+](=O)[O-])cc2O)o1. The number of anilines is 1. The Kier molecular flexibility index (Phi) is 7.47. The standard InChI is InChI=1S/C27H22F3N3O5/c1-2-3-8-23(35)31-26-32-24(16-9-11-17(12-10-16)27(28,29)30)25(38-26)21-7-5-4-6-19(21)20-14-13-18(33(36)37)15-22(20)34/h4-7,9-15,34H,2-3,8H2,1H3,(H,31,32,35). The predicted molar refractivity (Wildman–Crippen MR) is 134 cm³/mol. The van der Waals surface area contributed by atoms with Gasteiger partial charge < -0.3 is 9.52 Å². The minimum atomic E-state index is -4.52. The monoisotopic (exact) mass is 525 g/mol. The van der Waals surface area contributed by atoms with E-state index in [0.717, 1.165) is 24.6 Å².